The van der Waals surface area contributed by atoms with Crippen LogP contribution in [0.2, 0.25) is 0 Å². The highest BCUT2D eigenvalue weighted by molar-refractivity contribution is 5.83. The van der Waals surface area contributed by atoms with Crippen molar-refractivity contribution in [3.05, 3.63) is 0 Å². The highest BCUT2D eigenvalue weighted by Crippen LogP contribution is 2.21. The molecule has 0 saturated carbocycles. The zero-order valence-corrected chi connectivity index (χ0v) is 6.88. The molecule has 1 aliphatic rings. The lowest BCUT2D eigenvalue weighted by Gasteiger charge is -2.13. The quantitative estimate of drug-likeness (QED) is 0.642. The third kappa shape index (κ3) is 1.79. The Morgan fingerprint density at radius 2 is 2.45 bits per heavy atom. The van der Waals surface area contributed by atoms with Crippen LogP contribution in [0, 0.1) is 5.92 Å². The Bertz CT molecular complexity index is 147. The van der Waals surface area contributed by atoms with Crippen molar-refractivity contribution in [3.63, 3.8) is 0 Å². The largest absolute Gasteiger partial charge is 0.370 e. The second-order valence-electron chi connectivity index (χ2n) is 2.90. The van der Waals surface area contributed by atoms with E-state index in [1.54, 1.807) is 0 Å². The van der Waals surface area contributed by atoms with Gasteiger partial charge in [-0.25, -0.2) is 0 Å². The van der Waals surface area contributed by atoms with E-state index in [0.717, 1.165) is 6.42 Å². The molecule has 1 fully saturated rings. The number of Topliss-reactive ketones (excluding diaryl/α,β-unsaturated/α-hetero) is 1. The summed E-state index contributed by atoms with van der Waals surface area (Å²) in [5, 5.41) is 0. The van der Waals surface area contributed by atoms with Gasteiger partial charge in [0, 0.05) is 18.9 Å². The molecule has 1 saturated heterocycles. The van der Waals surface area contributed by atoms with Crippen molar-refractivity contribution in [1.29, 1.82) is 0 Å². The molecule has 0 aromatic carbocycles. The number of ether oxygens (including phenoxy) is 1. The van der Waals surface area contributed by atoms with Crippen LogP contribution >= 0.6 is 0 Å². The number of rotatable bonds is 3. The van der Waals surface area contributed by atoms with E-state index in [1.807, 2.05) is 6.92 Å². The maximum absolute atomic E-state index is 11.2. The normalized spacial score (nSPS) is 30.7. The number of carbonyl (C=O) groups excluding carboxylic acids is 1. The molecule has 0 radical (unpaired) electrons. The molecule has 2 N–H and O–H groups in total. The van der Waals surface area contributed by atoms with Gasteiger partial charge in [-0.15, -0.1) is 0 Å². The molecule has 64 valence electrons. The van der Waals surface area contributed by atoms with E-state index in [-0.39, 0.29) is 17.8 Å². The summed E-state index contributed by atoms with van der Waals surface area (Å²) in [4.78, 5) is 11.2. The molecule has 1 rings (SSSR count). The summed E-state index contributed by atoms with van der Waals surface area (Å²) >= 11 is 0. The summed E-state index contributed by atoms with van der Waals surface area (Å²) in [6, 6.07) is 0. The maximum Gasteiger partial charge on any atom is 0.161 e. The predicted molar refractivity (Wildman–Crippen MR) is 42.2 cm³/mol. The highest BCUT2D eigenvalue weighted by atomic mass is 16.5. The third-order valence-corrected chi connectivity index (χ3v) is 2.18. The molecule has 0 spiro atoms. The molecule has 0 aromatic rings. The summed E-state index contributed by atoms with van der Waals surface area (Å²) in [5.41, 5.74) is 5.48. The van der Waals surface area contributed by atoms with Crippen LogP contribution in [0.4, 0.5) is 0 Å². The van der Waals surface area contributed by atoms with Gasteiger partial charge in [-0.05, 0) is 13.0 Å². The first kappa shape index (κ1) is 8.68. The third-order valence-electron chi connectivity index (χ3n) is 2.18. The number of carbonyl (C=O) groups is 1. The number of hydrogen-bond donors (Lipinski definition) is 1. The predicted octanol–water partition coefficient (Wildman–Crippen LogP) is 0.329. The fraction of sp³-hybridized carbons (Fsp3) is 0.875. The van der Waals surface area contributed by atoms with Crippen molar-refractivity contribution < 1.29 is 9.53 Å². The first-order valence-corrected chi connectivity index (χ1v) is 4.14. The molecule has 0 aromatic heterocycles. The minimum absolute atomic E-state index is 0.193. The van der Waals surface area contributed by atoms with Gasteiger partial charge in [0.15, 0.2) is 5.78 Å². The van der Waals surface area contributed by atoms with Crippen molar-refractivity contribution in [3.8, 4) is 0 Å². The first-order valence-electron chi connectivity index (χ1n) is 4.14. The number of hydrogen-bond acceptors (Lipinski definition) is 3. The summed E-state index contributed by atoms with van der Waals surface area (Å²) in [7, 11) is 0. The van der Waals surface area contributed by atoms with Gasteiger partial charge in [-0.2, -0.15) is 0 Å². The monoisotopic (exact) mass is 157 g/mol. The summed E-state index contributed by atoms with van der Waals surface area (Å²) in [6.45, 7) is 3.12. The Hall–Kier alpha value is -0.410. The smallest absolute Gasteiger partial charge is 0.161 e. The Kier molecular flexibility index (Phi) is 3.02. The maximum atomic E-state index is 11.2. The van der Waals surface area contributed by atoms with E-state index in [4.69, 9.17) is 10.5 Å². The van der Waals surface area contributed by atoms with E-state index in [9.17, 15) is 4.79 Å². The zero-order chi connectivity index (χ0) is 8.27. The van der Waals surface area contributed by atoms with Gasteiger partial charge in [0.2, 0.25) is 0 Å². The van der Waals surface area contributed by atoms with Gasteiger partial charge < -0.3 is 10.5 Å². The van der Waals surface area contributed by atoms with Crippen LogP contribution in [-0.4, -0.2) is 25.0 Å². The fourth-order valence-corrected chi connectivity index (χ4v) is 1.43. The van der Waals surface area contributed by atoms with Crippen LogP contribution in [0.5, 0.6) is 0 Å². The molecule has 0 amide bonds. The van der Waals surface area contributed by atoms with Gasteiger partial charge in [0.25, 0.3) is 0 Å². The van der Waals surface area contributed by atoms with Crippen molar-refractivity contribution in [2.45, 2.75) is 25.9 Å². The molecule has 0 unspecified atom stereocenters. The highest BCUT2D eigenvalue weighted by Gasteiger charge is 2.31. The average Bonchev–Trinajstić information content (AvgIpc) is 2.50. The lowest BCUT2D eigenvalue weighted by atomic mass is 9.97. The van der Waals surface area contributed by atoms with Crippen LogP contribution in [0.1, 0.15) is 19.8 Å². The minimum atomic E-state index is -0.204. The molecule has 0 aliphatic carbocycles. The molecule has 0 bridgehead atoms. The standard InChI is InChI=1S/C8H15NO2/c1-2-7(10)8-6(5-9)3-4-11-8/h6,8H,2-5,9H2,1H3/t6-,8-/m1/s1. The lowest BCUT2D eigenvalue weighted by molar-refractivity contribution is -0.129. The minimum Gasteiger partial charge on any atom is -0.370 e. The van der Waals surface area contributed by atoms with Gasteiger partial charge in [0.1, 0.15) is 6.10 Å². The second kappa shape index (κ2) is 3.83. The zero-order valence-electron chi connectivity index (χ0n) is 6.88. The number of nitrogens with two attached hydrogens (primary N) is 1. The van der Waals surface area contributed by atoms with Crippen molar-refractivity contribution >= 4 is 5.78 Å². The molecule has 1 aliphatic heterocycles. The van der Waals surface area contributed by atoms with Crippen LogP contribution < -0.4 is 5.73 Å². The van der Waals surface area contributed by atoms with Gasteiger partial charge in [-0.3, -0.25) is 4.79 Å². The van der Waals surface area contributed by atoms with Crippen LogP contribution in [0.25, 0.3) is 0 Å². The topological polar surface area (TPSA) is 52.3 Å². The first-order chi connectivity index (χ1) is 5.29. The van der Waals surface area contributed by atoms with E-state index >= 15 is 0 Å². The average molecular weight is 157 g/mol. The van der Waals surface area contributed by atoms with Gasteiger partial charge in [-0.1, -0.05) is 6.92 Å². The Balaban J connectivity index is 2.49. The molecule has 2 atom stereocenters. The van der Waals surface area contributed by atoms with E-state index in [2.05, 4.69) is 0 Å². The Morgan fingerprint density at radius 3 is 3.00 bits per heavy atom. The summed E-state index contributed by atoms with van der Waals surface area (Å²) < 4.78 is 5.28. The van der Waals surface area contributed by atoms with E-state index < -0.39 is 0 Å². The lowest BCUT2D eigenvalue weighted by Crippen LogP contribution is -2.30. The molecule has 3 nitrogen and oxygen atoms in total. The summed E-state index contributed by atoms with van der Waals surface area (Å²) in [6.07, 6.45) is 1.29. The molecule has 11 heavy (non-hydrogen) atoms. The Labute approximate surface area is 66.9 Å². The summed E-state index contributed by atoms with van der Waals surface area (Å²) in [5.74, 6) is 0.459. The SMILES string of the molecule is CCC(=O)[C@@H]1OCC[C@@H]1CN. The van der Waals surface area contributed by atoms with E-state index in [1.165, 1.54) is 0 Å². The van der Waals surface area contributed by atoms with Crippen molar-refractivity contribution in [2.75, 3.05) is 13.2 Å². The second-order valence-corrected chi connectivity index (χ2v) is 2.90. The van der Waals surface area contributed by atoms with E-state index in [0.29, 0.717) is 19.6 Å². The molecular formula is C8H15NO2. The molecule has 1 heterocycles. The number of ketones is 1. The van der Waals surface area contributed by atoms with Gasteiger partial charge in [0.05, 0.1) is 0 Å². The van der Waals surface area contributed by atoms with Gasteiger partial charge >= 0.3 is 0 Å². The van der Waals surface area contributed by atoms with Crippen LogP contribution in [-0.2, 0) is 9.53 Å². The fourth-order valence-electron chi connectivity index (χ4n) is 1.43. The van der Waals surface area contributed by atoms with Crippen molar-refractivity contribution in [1.82, 2.24) is 0 Å². The molecule has 3 heteroatoms. The van der Waals surface area contributed by atoms with Crippen LogP contribution in [0.3, 0.4) is 0 Å². The molecular weight excluding hydrogens is 142 g/mol. The van der Waals surface area contributed by atoms with Crippen molar-refractivity contribution in [2.24, 2.45) is 11.7 Å². The Morgan fingerprint density at radius 1 is 1.73 bits per heavy atom. The van der Waals surface area contributed by atoms with Crippen LogP contribution in [0.15, 0.2) is 0 Å².